The van der Waals surface area contributed by atoms with Crippen LogP contribution in [0.15, 0.2) is 29.0 Å². The molecule has 5 nitrogen and oxygen atoms in total. The molecular formula is C13H14BrClN2O3. The molecule has 1 heterocycles. The van der Waals surface area contributed by atoms with Gasteiger partial charge in [-0.15, -0.1) is 0 Å². The standard InChI is InChI=1S/C13H14BrClN2O3/c1-4-20-13(19)8(2)17(3)7-11(18)10-5-9(14)6-16-12(10)15/h5-6H,2,4,7H2,1,3H3. The second-order valence-corrected chi connectivity index (χ2v) is 5.21. The van der Waals surface area contributed by atoms with E-state index in [0.29, 0.717) is 4.47 Å². The SMILES string of the molecule is C=C(C(=O)OCC)N(C)CC(=O)c1cc(Br)cnc1Cl. The summed E-state index contributed by atoms with van der Waals surface area (Å²) in [5.41, 5.74) is 0.392. The van der Waals surface area contributed by atoms with Gasteiger partial charge in [-0.1, -0.05) is 18.2 Å². The Kier molecular flexibility index (Phi) is 6.16. The largest absolute Gasteiger partial charge is 0.461 e. The maximum absolute atomic E-state index is 12.1. The highest BCUT2D eigenvalue weighted by atomic mass is 79.9. The van der Waals surface area contributed by atoms with Crippen LogP contribution in [0.1, 0.15) is 17.3 Å². The van der Waals surface area contributed by atoms with Gasteiger partial charge in [0.15, 0.2) is 5.78 Å². The molecule has 0 N–H and O–H groups in total. The number of Topliss-reactive ketones (excluding diaryl/α,β-unsaturated/α-hetero) is 1. The number of nitrogens with zero attached hydrogens (tertiary/aromatic N) is 2. The summed E-state index contributed by atoms with van der Waals surface area (Å²) in [4.78, 5) is 28.9. The number of hydrogen-bond acceptors (Lipinski definition) is 5. The molecule has 0 spiro atoms. The van der Waals surface area contributed by atoms with Gasteiger partial charge in [0.2, 0.25) is 0 Å². The Hall–Kier alpha value is -1.40. The first-order valence-corrected chi connectivity index (χ1v) is 6.95. The summed E-state index contributed by atoms with van der Waals surface area (Å²) in [7, 11) is 1.58. The molecule has 0 aliphatic rings. The number of carbonyl (C=O) groups is 2. The van der Waals surface area contributed by atoms with E-state index in [1.54, 1.807) is 20.0 Å². The molecule has 0 fully saturated rings. The summed E-state index contributed by atoms with van der Waals surface area (Å²) in [6, 6.07) is 1.58. The first-order chi connectivity index (χ1) is 9.36. The number of ether oxygens (including phenoxy) is 1. The number of halogens is 2. The fourth-order valence-corrected chi connectivity index (χ4v) is 1.92. The number of pyridine rings is 1. The Morgan fingerprint density at radius 1 is 1.55 bits per heavy atom. The normalized spacial score (nSPS) is 10.0. The van der Waals surface area contributed by atoms with Gasteiger partial charge in [0.25, 0.3) is 0 Å². The summed E-state index contributed by atoms with van der Waals surface area (Å²) >= 11 is 9.11. The van der Waals surface area contributed by atoms with E-state index >= 15 is 0 Å². The van der Waals surface area contributed by atoms with Crippen LogP contribution in [0.5, 0.6) is 0 Å². The van der Waals surface area contributed by atoms with Crippen LogP contribution in [0.4, 0.5) is 0 Å². The zero-order valence-electron chi connectivity index (χ0n) is 11.2. The minimum atomic E-state index is -0.554. The van der Waals surface area contributed by atoms with Crippen LogP contribution >= 0.6 is 27.5 Å². The van der Waals surface area contributed by atoms with Crippen molar-refractivity contribution in [3.8, 4) is 0 Å². The van der Waals surface area contributed by atoms with Gasteiger partial charge in [-0.05, 0) is 28.9 Å². The number of likely N-dealkylation sites (N-methyl/N-ethyl adjacent to an activating group) is 1. The first-order valence-electron chi connectivity index (χ1n) is 5.78. The van der Waals surface area contributed by atoms with Crippen LogP contribution in [0.2, 0.25) is 5.15 Å². The lowest BCUT2D eigenvalue weighted by Crippen LogP contribution is -2.29. The Morgan fingerprint density at radius 2 is 2.20 bits per heavy atom. The fraction of sp³-hybridized carbons (Fsp3) is 0.308. The average molecular weight is 362 g/mol. The molecule has 0 aliphatic carbocycles. The topological polar surface area (TPSA) is 59.5 Å². The van der Waals surface area contributed by atoms with E-state index in [-0.39, 0.29) is 35.3 Å². The third-order valence-electron chi connectivity index (χ3n) is 2.46. The van der Waals surface area contributed by atoms with Gasteiger partial charge in [-0.3, -0.25) is 4.79 Å². The van der Waals surface area contributed by atoms with Crippen LogP contribution in [-0.2, 0) is 9.53 Å². The zero-order valence-corrected chi connectivity index (χ0v) is 13.5. The molecule has 7 heteroatoms. The number of ketones is 1. The van der Waals surface area contributed by atoms with Crippen LogP contribution in [0.3, 0.4) is 0 Å². The molecule has 0 amide bonds. The fourth-order valence-electron chi connectivity index (χ4n) is 1.38. The van der Waals surface area contributed by atoms with Gasteiger partial charge < -0.3 is 9.64 Å². The second kappa shape index (κ2) is 7.40. The van der Waals surface area contributed by atoms with Crippen molar-refractivity contribution in [3.63, 3.8) is 0 Å². The van der Waals surface area contributed by atoms with E-state index in [1.807, 2.05) is 0 Å². The predicted octanol–water partition coefficient (Wildman–Crippen LogP) is 2.69. The van der Waals surface area contributed by atoms with E-state index in [0.717, 1.165) is 0 Å². The van der Waals surface area contributed by atoms with Crippen LogP contribution in [0.25, 0.3) is 0 Å². The maximum atomic E-state index is 12.1. The highest BCUT2D eigenvalue weighted by molar-refractivity contribution is 9.10. The minimum absolute atomic E-state index is 0.0461. The lowest BCUT2D eigenvalue weighted by molar-refractivity contribution is -0.140. The second-order valence-electron chi connectivity index (χ2n) is 3.94. The molecule has 1 aromatic heterocycles. The van der Waals surface area contributed by atoms with Crippen LogP contribution < -0.4 is 0 Å². The highest BCUT2D eigenvalue weighted by Crippen LogP contribution is 2.19. The number of carbonyl (C=O) groups excluding carboxylic acids is 2. The monoisotopic (exact) mass is 360 g/mol. The molecule has 1 rings (SSSR count). The summed E-state index contributed by atoms with van der Waals surface area (Å²) in [6.07, 6.45) is 1.50. The molecule has 0 aliphatic heterocycles. The minimum Gasteiger partial charge on any atom is -0.461 e. The third-order valence-corrected chi connectivity index (χ3v) is 3.19. The molecule has 0 radical (unpaired) electrons. The summed E-state index contributed by atoms with van der Waals surface area (Å²) in [5, 5.41) is 0.119. The average Bonchev–Trinajstić information content (AvgIpc) is 2.40. The molecule has 20 heavy (non-hydrogen) atoms. The van der Waals surface area contributed by atoms with Crippen molar-refractivity contribution in [2.75, 3.05) is 20.2 Å². The predicted molar refractivity (Wildman–Crippen MR) is 79.7 cm³/mol. The van der Waals surface area contributed by atoms with Crippen molar-refractivity contribution >= 4 is 39.3 Å². The van der Waals surface area contributed by atoms with E-state index < -0.39 is 5.97 Å². The molecule has 0 aromatic carbocycles. The van der Waals surface area contributed by atoms with Gasteiger partial charge in [-0.25, -0.2) is 9.78 Å². The lowest BCUT2D eigenvalue weighted by atomic mass is 10.2. The Morgan fingerprint density at radius 3 is 2.80 bits per heavy atom. The molecule has 108 valence electrons. The Bertz CT molecular complexity index is 548. The van der Waals surface area contributed by atoms with E-state index in [9.17, 15) is 9.59 Å². The van der Waals surface area contributed by atoms with Crippen LogP contribution in [0, 0.1) is 0 Å². The molecular weight excluding hydrogens is 348 g/mol. The van der Waals surface area contributed by atoms with Crippen molar-refractivity contribution in [3.05, 3.63) is 39.7 Å². The van der Waals surface area contributed by atoms with Gasteiger partial charge in [0.05, 0.1) is 18.7 Å². The van der Waals surface area contributed by atoms with Crippen molar-refractivity contribution in [1.29, 1.82) is 0 Å². The molecule has 1 aromatic rings. The van der Waals surface area contributed by atoms with Crippen molar-refractivity contribution < 1.29 is 14.3 Å². The van der Waals surface area contributed by atoms with E-state index in [1.165, 1.54) is 11.1 Å². The Balaban J connectivity index is 2.77. The van der Waals surface area contributed by atoms with Gasteiger partial charge in [0, 0.05) is 17.7 Å². The smallest absolute Gasteiger partial charge is 0.353 e. The quantitative estimate of drug-likeness (QED) is 0.337. The van der Waals surface area contributed by atoms with E-state index in [4.69, 9.17) is 16.3 Å². The molecule has 0 unspecified atom stereocenters. The van der Waals surface area contributed by atoms with Crippen molar-refractivity contribution in [2.45, 2.75) is 6.92 Å². The number of aromatic nitrogens is 1. The lowest BCUT2D eigenvalue weighted by Gasteiger charge is -2.19. The van der Waals surface area contributed by atoms with Gasteiger partial charge >= 0.3 is 5.97 Å². The van der Waals surface area contributed by atoms with Gasteiger partial charge in [0.1, 0.15) is 10.9 Å². The van der Waals surface area contributed by atoms with E-state index in [2.05, 4.69) is 27.5 Å². The zero-order chi connectivity index (χ0) is 15.3. The molecule has 0 saturated carbocycles. The number of rotatable bonds is 6. The summed E-state index contributed by atoms with van der Waals surface area (Å²) < 4.78 is 5.47. The molecule has 0 bridgehead atoms. The van der Waals surface area contributed by atoms with Crippen LogP contribution in [-0.4, -0.2) is 41.8 Å². The number of hydrogen-bond donors (Lipinski definition) is 0. The summed E-state index contributed by atoms with van der Waals surface area (Å²) in [6.45, 7) is 5.50. The number of esters is 1. The Labute approximate surface area is 130 Å². The molecule has 0 saturated heterocycles. The first kappa shape index (κ1) is 16.7. The van der Waals surface area contributed by atoms with Crippen molar-refractivity contribution in [2.24, 2.45) is 0 Å². The molecule has 0 atom stereocenters. The maximum Gasteiger partial charge on any atom is 0.353 e. The summed E-state index contributed by atoms with van der Waals surface area (Å²) in [5.74, 6) is -0.821. The highest BCUT2D eigenvalue weighted by Gasteiger charge is 2.18. The third kappa shape index (κ3) is 4.31. The van der Waals surface area contributed by atoms with Crippen molar-refractivity contribution in [1.82, 2.24) is 9.88 Å². The van der Waals surface area contributed by atoms with Gasteiger partial charge in [-0.2, -0.15) is 0 Å².